The van der Waals surface area contributed by atoms with Gasteiger partial charge in [0.1, 0.15) is 10.6 Å². The van der Waals surface area contributed by atoms with Gasteiger partial charge >= 0.3 is 0 Å². The molecule has 1 aromatic carbocycles. The molecule has 0 aliphatic rings. The Morgan fingerprint density at radius 1 is 1.36 bits per heavy atom. The van der Waals surface area contributed by atoms with Crippen LogP contribution < -0.4 is 15.2 Å². The average Bonchev–Trinajstić information content (AvgIpc) is 2.37. The van der Waals surface area contributed by atoms with E-state index in [1.807, 2.05) is 33.8 Å². The number of halogens is 1. The highest BCUT2D eigenvalue weighted by Gasteiger charge is 2.31. The summed E-state index contributed by atoms with van der Waals surface area (Å²) in [6.45, 7) is 7.98. The Morgan fingerprint density at radius 3 is 2.41 bits per heavy atom. The number of nitrogens with two attached hydrogens (primary N) is 1. The maximum absolute atomic E-state index is 12.7. The first-order valence-corrected chi connectivity index (χ1v) is 8.50. The molecule has 0 bridgehead atoms. The summed E-state index contributed by atoms with van der Waals surface area (Å²) in [6, 6.07) is 5.08. The third-order valence-electron chi connectivity index (χ3n) is 3.30. The van der Waals surface area contributed by atoms with Crippen molar-refractivity contribution in [2.45, 2.75) is 44.6 Å². The SMILES string of the molecule is COc1ccc(C)cc1S(=O)(=O)NC(C)(CN)CC(C)C.Cl. The molecule has 0 aromatic heterocycles. The van der Waals surface area contributed by atoms with Crippen LogP contribution in [-0.2, 0) is 10.0 Å². The molecule has 3 N–H and O–H groups in total. The Balaban J connectivity index is 0.00000441. The molecule has 0 amide bonds. The number of rotatable bonds is 7. The normalized spacial score (nSPS) is 14.3. The third-order valence-corrected chi connectivity index (χ3v) is 4.96. The zero-order valence-electron chi connectivity index (χ0n) is 13.8. The highest BCUT2D eigenvalue weighted by atomic mass is 35.5. The predicted molar refractivity (Wildman–Crippen MR) is 92.2 cm³/mol. The van der Waals surface area contributed by atoms with Crippen molar-refractivity contribution in [2.24, 2.45) is 11.7 Å². The van der Waals surface area contributed by atoms with Gasteiger partial charge in [-0.05, 0) is 43.9 Å². The second kappa shape index (κ2) is 8.15. The van der Waals surface area contributed by atoms with Gasteiger partial charge in [-0.15, -0.1) is 12.4 Å². The maximum atomic E-state index is 12.7. The van der Waals surface area contributed by atoms with E-state index in [1.54, 1.807) is 12.1 Å². The first kappa shape index (κ1) is 21.2. The molecule has 0 saturated heterocycles. The first-order valence-electron chi connectivity index (χ1n) is 7.02. The molecule has 0 heterocycles. The summed E-state index contributed by atoms with van der Waals surface area (Å²) in [6.07, 6.45) is 0.664. The second-order valence-corrected chi connectivity index (χ2v) is 7.77. The summed E-state index contributed by atoms with van der Waals surface area (Å²) in [5.41, 5.74) is 5.96. The Hall–Kier alpha value is -0.820. The molecule has 5 nitrogen and oxygen atoms in total. The van der Waals surface area contributed by atoms with Gasteiger partial charge in [-0.25, -0.2) is 13.1 Å². The van der Waals surface area contributed by atoms with Crippen LogP contribution in [0.5, 0.6) is 5.75 Å². The maximum Gasteiger partial charge on any atom is 0.244 e. The minimum atomic E-state index is -3.70. The van der Waals surface area contributed by atoms with E-state index >= 15 is 0 Å². The van der Waals surface area contributed by atoms with Crippen molar-refractivity contribution in [3.8, 4) is 5.75 Å². The molecule has 0 radical (unpaired) electrons. The minimum absolute atomic E-state index is 0. The van der Waals surface area contributed by atoms with Gasteiger partial charge in [0.25, 0.3) is 0 Å². The molecule has 0 aliphatic carbocycles. The van der Waals surface area contributed by atoms with Crippen LogP contribution in [0.25, 0.3) is 0 Å². The summed E-state index contributed by atoms with van der Waals surface area (Å²) in [5.74, 6) is 0.665. The highest BCUT2D eigenvalue weighted by Crippen LogP contribution is 2.27. The van der Waals surface area contributed by atoms with Gasteiger partial charge in [0, 0.05) is 12.1 Å². The van der Waals surface area contributed by atoms with Gasteiger partial charge in [-0.2, -0.15) is 0 Å². The molecule has 1 aromatic rings. The predicted octanol–water partition coefficient (Wildman–Crippen LogP) is 2.47. The van der Waals surface area contributed by atoms with E-state index in [2.05, 4.69) is 4.72 Å². The van der Waals surface area contributed by atoms with Crippen molar-refractivity contribution in [3.63, 3.8) is 0 Å². The van der Waals surface area contributed by atoms with Crippen LogP contribution in [0.15, 0.2) is 23.1 Å². The van der Waals surface area contributed by atoms with Crippen LogP contribution in [0.3, 0.4) is 0 Å². The van der Waals surface area contributed by atoms with E-state index in [1.165, 1.54) is 7.11 Å². The van der Waals surface area contributed by atoms with Crippen molar-refractivity contribution < 1.29 is 13.2 Å². The number of ether oxygens (including phenoxy) is 1. The highest BCUT2D eigenvalue weighted by molar-refractivity contribution is 7.89. The molecular formula is C15H27ClN2O3S. The number of hydrogen-bond acceptors (Lipinski definition) is 4. The zero-order valence-corrected chi connectivity index (χ0v) is 15.5. The number of benzene rings is 1. The Bertz CT molecular complexity index is 590. The minimum Gasteiger partial charge on any atom is -0.495 e. The Labute approximate surface area is 140 Å². The lowest BCUT2D eigenvalue weighted by atomic mass is 9.92. The largest absolute Gasteiger partial charge is 0.495 e. The van der Waals surface area contributed by atoms with Crippen LogP contribution >= 0.6 is 12.4 Å². The molecule has 128 valence electrons. The number of sulfonamides is 1. The molecule has 7 heteroatoms. The van der Waals surface area contributed by atoms with Crippen LogP contribution in [0.2, 0.25) is 0 Å². The van der Waals surface area contributed by atoms with E-state index in [9.17, 15) is 8.42 Å². The molecule has 0 fully saturated rings. The van der Waals surface area contributed by atoms with Gasteiger partial charge in [0.2, 0.25) is 10.0 Å². The van der Waals surface area contributed by atoms with E-state index in [-0.39, 0.29) is 23.8 Å². The molecule has 0 aliphatic heterocycles. The second-order valence-electron chi connectivity index (χ2n) is 6.12. The summed E-state index contributed by atoms with van der Waals surface area (Å²) in [4.78, 5) is 0.147. The first-order chi connectivity index (χ1) is 9.63. The van der Waals surface area contributed by atoms with Gasteiger partial charge in [-0.1, -0.05) is 19.9 Å². The quantitative estimate of drug-likeness (QED) is 0.791. The zero-order chi connectivity index (χ0) is 16.3. The Morgan fingerprint density at radius 2 is 1.95 bits per heavy atom. The standard InChI is InChI=1S/C15H26N2O3S.ClH/c1-11(2)9-15(4,10-16)17-21(18,19)14-8-12(3)6-7-13(14)20-5;/h6-8,11,17H,9-10,16H2,1-5H3;1H. The topological polar surface area (TPSA) is 81.4 Å². The number of hydrogen-bond donors (Lipinski definition) is 2. The lowest BCUT2D eigenvalue weighted by molar-refractivity contribution is 0.343. The van der Waals surface area contributed by atoms with Gasteiger partial charge < -0.3 is 10.5 Å². The third kappa shape index (κ3) is 5.43. The van der Waals surface area contributed by atoms with E-state index in [4.69, 9.17) is 10.5 Å². The van der Waals surface area contributed by atoms with E-state index < -0.39 is 15.6 Å². The van der Waals surface area contributed by atoms with Gasteiger partial charge in [-0.3, -0.25) is 0 Å². The fourth-order valence-electron chi connectivity index (χ4n) is 2.44. The van der Waals surface area contributed by atoms with Crippen molar-refractivity contribution in [1.82, 2.24) is 4.72 Å². The molecule has 22 heavy (non-hydrogen) atoms. The summed E-state index contributed by atoms with van der Waals surface area (Å²) < 4.78 is 33.2. The average molecular weight is 351 g/mol. The smallest absolute Gasteiger partial charge is 0.244 e. The fourth-order valence-corrected chi connectivity index (χ4v) is 4.12. The van der Waals surface area contributed by atoms with Gasteiger partial charge in [0.05, 0.1) is 7.11 Å². The molecular weight excluding hydrogens is 324 g/mol. The summed E-state index contributed by atoms with van der Waals surface area (Å²) in [5, 5.41) is 0. The number of aryl methyl sites for hydroxylation is 1. The lowest BCUT2D eigenvalue weighted by Gasteiger charge is -2.31. The molecule has 0 saturated carbocycles. The van der Waals surface area contributed by atoms with Crippen molar-refractivity contribution in [2.75, 3.05) is 13.7 Å². The van der Waals surface area contributed by atoms with Crippen LogP contribution in [0.4, 0.5) is 0 Å². The number of methoxy groups -OCH3 is 1. The lowest BCUT2D eigenvalue weighted by Crippen LogP contribution is -2.52. The molecule has 1 unspecified atom stereocenters. The van der Waals surface area contributed by atoms with Crippen molar-refractivity contribution in [3.05, 3.63) is 23.8 Å². The number of nitrogens with one attached hydrogen (secondary N) is 1. The van der Waals surface area contributed by atoms with Crippen LogP contribution in [0.1, 0.15) is 32.8 Å². The van der Waals surface area contributed by atoms with Crippen LogP contribution in [-0.4, -0.2) is 27.6 Å². The molecule has 1 rings (SSSR count). The van der Waals surface area contributed by atoms with E-state index in [0.717, 1.165) is 5.56 Å². The van der Waals surface area contributed by atoms with Crippen molar-refractivity contribution >= 4 is 22.4 Å². The van der Waals surface area contributed by atoms with Gasteiger partial charge in [0.15, 0.2) is 0 Å². The summed E-state index contributed by atoms with van der Waals surface area (Å²) >= 11 is 0. The van der Waals surface area contributed by atoms with E-state index in [0.29, 0.717) is 18.1 Å². The van der Waals surface area contributed by atoms with Crippen molar-refractivity contribution in [1.29, 1.82) is 0 Å². The molecule has 0 spiro atoms. The fraction of sp³-hybridized carbons (Fsp3) is 0.600. The summed E-state index contributed by atoms with van der Waals surface area (Å²) in [7, 11) is -2.24. The molecule has 1 atom stereocenters. The van der Waals surface area contributed by atoms with Crippen LogP contribution in [0, 0.1) is 12.8 Å². The monoisotopic (exact) mass is 350 g/mol. The Kier molecular flexibility index (Phi) is 7.85.